The number of carbonyl (C=O) groups excluding carboxylic acids is 3. The molecule has 0 unspecified atom stereocenters. The fourth-order valence-corrected chi connectivity index (χ4v) is 7.42. The lowest BCUT2D eigenvalue weighted by Crippen LogP contribution is -2.22. The van der Waals surface area contributed by atoms with Crippen molar-refractivity contribution in [2.45, 2.75) is 78.6 Å². The maximum atomic E-state index is 14.7. The van der Waals surface area contributed by atoms with Gasteiger partial charge in [-0.3, -0.25) is 14.4 Å². The van der Waals surface area contributed by atoms with Crippen molar-refractivity contribution in [3.63, 3.8) is 0 Å². The molecule has 0 aliphatic carbocycles. The van der Waals surface area contributed by atoms with Crippen LogP contribution in [-0.2, 0) is 16.2 Å². The predicted octanol–water partition coefficient (Wildman–Crippen LogP) is 14.6. The van der Waals surface area contributed by atoms with Crippen LogP contribution in [0, 0.1) is 0 Å². The molecule has 0 aliphatic heterocycles. The highest BCUT2D eigenvalue weighted by Crippen LogP contribution is 2.53. The molecule has 3 amide bonds. The van der Waals surface area contributed by atoms with Gasteiger partial charge in [0.2, 0.25) is 0 Å². The Kier molecular flexibility index (Phi) is 13.5. The molecule has 0 saturated carbocycles. The van der Waals surface area contributed by atoms with Crippen LogP contribution in [0.1, 0.15) is 110 Å². The minimum Gasteiger partial charge on any atom is -0.352 e. The highest BCUT2D eigenvalue weighted by Gasteiger charge is 2.30. The normalized spacial score (nSPS) is 11.6. The van der Waals surface area contributed by atoms with Crippen LogP contribution in [0.3, 0.4) is 0 Å². The second kappa shape index (κ2) is 19.2. The van der Waals surface area contributed by atoms with E-state index in [2.05, 4.69) is 94.2 Å². The molecule has 0 heterocycles. The van der Waals surface area contributed by atoms with Crippen molar-refractivity contribution < 1.29 is 14.4 Å². The summed E-state index contributed by atoms with van der Waals surface area (Å²) in [5.74, 6) is -1.22. The minimum atomic E-state index is -0.406. The standard InChI is InChI=1S/C57H60N6O3/c1-55(2,3)40-31-25-37(26-32-40)52(64)61-49-46(58-43-19-13-10-14-20-43)50(62-53(65)38-27-33-41(34-28-38)56(4,5)6)48(60-45-23-17-12-18-24-45)51(47(49)59-44-21-15-11-16-22-44)63-54(66)39-29-35-42(36-30-39)57(7,8)9/h10-36,58-60H,1-9H3,(H,61,64)(H,62,65)(H,63,66). The van der Waals surface area contributed by atoms with Gasteiger partial charge in [-0.15, -0.1) is 0 Å². The molecule has 6 N–H and O–H groups in total. The summed E-state index contributed by atoms with van der Waals surface area (Å²) in [6, 6.07) is 51.2. The molecule has 0 radical (unpaired) electrons. The van der Waals surface area contributed by atoms with E-state index in [4.69, 9.17) is 0 Å². The van der Waals surface area contributed by atoms with Gasteiger partial charge in [0.05, 0.1) is 34.1 Å². The molecule has 66 heavy (non-hydrogen) atoms. The number of nitrogens with one attached hydrogen (secondary N) is 6. The van der Waals surface area contributed by atoms with E-state index in [9.17, 15) is 14.4 Å². The zero-order valence-corrected chi connectivity index (χ0v) is 39.3. The Bertz CT molecular complexity index is 2470. The SMILES string of the molecule is CC(C)(C)c1ccc(C(=O)Nc2c(Nc3ccccc3)c(NC(=O)c3ccc(C(C)(C)C)cc3)c(Nc3ccccc3)c(NC(=O)c3ccc(C(C)(C)C)cc3)c2Nc2ccccc2)cc1. The topological polar surface area (TPSA) is 123 Å². The van der Waals surface area contributed by atoms with Crippen LogP contribution < -0.4 is 31.9 Å². The van der Waals surface area contributed by atoms with E-state index in [1.165, 1.54) is 0 Å². The molecule has 0 bridgehead atoms. The van der Waals surface area contributed by atoms with E-state index >= 15 is 0 Å². The first-order chi connectivity index (χ1) is 31.3. The first-order valence-electron chi connectivity index (χ1n) is 22.3. The molecule has 0 fully saturated rings. The third-order valence-corrected chi connectivity index (χ3v) is 11.4. The Morgan fingerprint density at radius 2 is 0.500 bits per heavy atom. The summed E-state index contributed by atoms with van der Waals surface area (Å²) in [5.41, 5.74) is 7.99. The quantitative estimate of drug-likeness (QED) is 0.0727. The van der Waals surface area contributed by atoms with E-state index in [0.717, 1.165) is 16.7 Å². The lowest BCUT2D eigenvalue weighted by molar-refractivity contribution is 0.101. The van der Waals surface area contributed by atoms with Crippen LogP contribution in [0.15, 0.2) is 164 Å². The van der Waals surface area contributed by atoms with E-state index in [0.29, 0.717) is 50.8 Å². The average Bonchev–Trinajstić information content (AvgIpc) is 3.29. The van der Waals surface area contributed by atoms with Crippen molar-refractivity contribution >= 4 is 68.9 Å². The largest absolute Gasteiger partial charge is 0.352 e. The Hall–Kier alpha value is -7.65. The molecule has 7 rings (SSSR count). The van der Waals surface area contributed by atoms with Gasteiger partial charge in [-0.2, -0.15) is 0 Å². The third kappa shape index (κ3) is 11.2. The van der Waals surface area contributed by atoms with Crippen LogP contribution in [0.25, 0.3) is 0 Å². The van der Waals surface area contributed by atoms with Crippen molar-refractivity contribution in [1.82, 2.24) is 0 Å². The van der Waals surface area contributed by atoms with Crippen molar-refractivity contribution in [1.29, 1.82) is 0 Å². The minimum absolute atomic E-state index is 0.128. The van der Waals surface area contributed by atoms with Gasteiger partial charge in [0, 0.05) is 33.8 Å². The summed E-state index contributed by atoms with van der Waals surface area (Å²) in [7, 11) is 0. The van der Waals surface area contributed by atoms with Crippen LogP contribution in [0.4, 0.5) is 51.2 Å². The highest BCUT2D eigenvalue weighted by molar-refractivity contribution is 6.22. The second-order valence-corrected chi connectivity index (χ2v) is 19.6. The van der Waals surface area contributed by atoms with Gasteiger partial charge in [0.1, 0.15) is 0 Å². The molecular weight excluding hydrogens is 817 g/mol. The number of benzene rings is 7. The molecule has 9 heteroatoms. The van der Waals surface area contributed by atoms with E-state index in [1.54, 1.807) is 0 Å². The van der Waals surface area contributed by atoms with Gasteiger partial charge >= 0.3 is 0 Å². The zero-order chi connectivity index (χ0) is 47.2. The molecule has 0 atom stereocenters. The highest BCUT2D eigenvalue weighted by atomic mass is 16.2. The first kappa shape index (κ1) is 46.3. The number of rotatable bonds is 12. The first-order valence-corrected chi connectivity index (χ1v) is 22.3. The van der Waals surface area contributed by atoms with Crippen LogP contribution in [0.2, 0.25) is 0 Å². The van der Waals surface area contributed by atoms with E-state index < -0.39 is 17.7 Å². The monoisotopic (exact) mass is 876 g/mol. The Morgan fingerprint density at radius 3 is 0.697 bits per heavy atom. The molecule has 0 spiro atoms. The molecule has 0 aromatic heterocycles. The van der Waals surface area contributed by atoms with E-state index in [1.807, 2.05) is 164 Å². The van der Waals surface area contributed by atoms with Gasteiger partial charge in [-0.1, -0.05) is 153 Å². The van der Waals surface area contributed by atoms with Crippen molar-refractivity contribution in [2.24, 2.45) is 0 Å². The van der Waals surface area contributed by atoms with Crippen LogP contribution in [0.5, 0.6) is 0 Å². The van der Waals surface area contributed by atoms with Crippen LogP contribution >= 0.6 is 0 Å². The van der Waals surface area contributed by atoms with Gasteiger partial charge in [0.25, 0.3) is 17.7 Å². The predicted molar refractivity (Wildman–Crippen MR) is 275 cm³/mol. The Labute approximate surface area is 389 Å². The molecule has 336 valence electrons. The summed E-state index contributed by atoms with van der Waals surface area (Å²) in [6.07, 6.45) is 0. The summed E-state index contributed by atoms with van der Waals surface area (Å²) in [4.78, 5) is 44.2. The van der Waals surface area contributed by atoms with Gasteiger partial charge < -0.3 is 31.9 Å². The van der Waals surface area contributed by atoms with Crippen molar-refractivity contribution in [2.75, 3.05) is 31.9 Å². The summed E-state index contributed by atoms with van der Waals surface area (Å²) < 4.78 is 0. The second-order valence-electron chi connectivity index (χ2n) is 19.6. The number of hydrogen-bond donors (Lipinski definition) is 6. The molecule has 7 aromatic rings. The number of amides is 3. The molecule has 0 aliphatic rings. The molecule has 9 nitrogen and oxygen atoms in total. The molecular formula is C57H60N6O3. The lowest BCUT2D eigenvalue weighted by atomic mass is 9.86. The summed E-state index contributed by atoms with van der Waals surface area (Å²) >= 11 is 0. The fourth-order valence-electron chi connectivity index (χ4n) is 7.42. The number of carbonyl (C=O) groups is 3. The summed E-state index contributed by atoms with van der Waals surface area (Å²) in [6.45, 7) is 19.1. The molecule has 0 saturated heterocycles. The van der Waals surface area contributed by atoms with Crippen molar-refractivity contribution in [3.05, 3.63) is 197 Å². The number of hydrogen-bond acceptors (Lipinski definition) is 6. The van der Waals surface area contributed by atoms with Crippen LogP contribution in [-0.4, -0.2) is 17.7 Å². The summed E-state index contributed by atoms with van der Waals surface area (Å²) in [5, 5.41) is 20.5. The third-order valence-electron chi connectivity index (χ3n) is 11.4. The average molecular weight is 877 g/mol. The number of anilines is 9. The Balaban J connectivity index is 1.52. The fraction of sp³-hybridized carbons (Fsp3) is 0.211. The van der Waals surface area contributed by atoms with Gasteiger partial charge in [0.15, 0.2) is 0 Å². The zero-order valence-electron chi connectivity index (χ0n) is 39.3. The van der Waals surface area contributed by atoms with Gasteiger partial charge in [-0.25, -0.2) is 0 Å². The van der Waals surface area contributed by atoms with Gasteiger partial charge in [-0.05, 0) is 106 Å². The van der Waals surface area contributed by atoms with Crippen molar-refractivity contribution in [3.8, 4) is 0 Å². The maximum absolute atomic E-state index is 14.7. The van der Waals surface area contributed by atoms with E-state index in [-0.39, 0.29) is 33.3 Å². The molecule has 7 aromatic carbocycles. The Morgan fingerprint density at radius 1 is 0.288 bits per heavy atom. The smallest absolute Gasteiger partial charge is 0.255 e. The number of para-hydroxylation sites is 3. The lowest BCUT2D eigenvalue weighted by Gasteiger charge is -2.29. The maximum Gasteiger partial charge on any atom is 0.255 e.